The highest BCUT2D eigenvalue weighted by Gasteiger charge is 2.24. The lowest BCUT2D eigenvalue weighted by atomic mass is 9.86. The molecule has 1 aromatic heterocycles. The second-order valence-electron chi connectivity index (χ2n) is 9.33. The lowest BCUT2D eigenvalue weighted by Crippen LogP contribution is -2.49. The fourth-order valence-corrected chi connectivity index (χ4v) is 5.04. The molecular weight excluding hydrogens is 362 g/mol. The normalized spacial score (nSPS) is 22.2. The van der Waals surface area contributed by atoms with Crippen LogP contribution in [0, 0.1) is 11.8 Å². The highest BCUT2D eigenvalue weighted by Crippen LogP contribution is 2.28. The molecule has 0 radical (unpaired) electrons. The molecule has 2 saturated heterocycles. The summed E-state index contributed by atoms with van der Waals surface area (Å²) in [7, 11) is 0. The van der Waals surface area contributed by atoms with Gasteiger partial charge in [0.15, 0.2) is 11.6 Å². The fourth-order valence-electron chi connectivity index (χ4n) is 5.04. The molecule has 2 aliphatic heterocycles. The molecule has 1 aliphatic carbocycles. The maximum atomic E-state index is 12.6. The van der Waals surface area contributed by atoms with Gasteiger partial charge in [-0.05, 0) is 43.2 Å². The SMILES string of the molecule is CC1CCN(c2ccc(N3CCN(C(=O)CCC4CCCCC4)CC3)nn2)CC1. The summed E-state index contributed by atoms with van der Waals surface area (Å²) in [5, 5.41) is 8.99. The number of aromatic nitrogens is 2. The van der Waals surface area contributed by atoms with Crippen molar-refractivity contribution in [3.05, 3.63) is 12.1 Å². The molecule has 1 saturated carbocycles. The van der Waals surface area contributed by atoms with E-state index in [9.17, 15) is 4.79 Å². The molecule has 0 bridgehead atoms. The van der Waals surface area contributed by atoms with Crippen molar-refractivity contribution in [1.82, 2.24) is 15.1 Å². The van der Waals surface area contributed by atoms with Crippen molar-refractivity contribution in [3.8, 4) is 0 Å². The van der Waals surface area contributed by atoms with Gasteiger partial charge >= 0.3 is 0 Å². The summed E-state index contributed by atoms with van der Waals surface area (Å²) in [4.78, 5) is 19.3. The van der Waals surface area contributed by atoms with E-state index < -0.39 is 0 Å². The lowest BCUT2D eigenvalue weighted by molar-refractivity contribution is -0.131. The number of carbonyl (C=O) groups excluding carboxylic acids is 1. The van der Waals surface area contributed by atoms with E-state index in [2.05, 4.69) is 44.0 Å². The van der Waals surface area contributed by atoms with Crippen molar-refractivity contribution in [2.24, 2.45) is 11.8 Å². The molecule has 29 heavy (non-hydrogen) atoms. The minimum atomic E-state index is 0.344. The smallest absolute Gasteiger partial charge is 0.222 e. The topological polar surface area (TPSA) is 52.6 Å². The number of rotatable bonds is 5. The van der Waals surface area contributed by atoms with Crippen molar-refractivity contribution in [2.75, 3.05) is 49.1 Å². The minimum Gasteiger partial charge on any atom is -0.355 e. The van der Waals surface area contributed by atoms with E-state index in [1.165, 1.54) is 44.9 Å². The number of piperidine rings is 1. The Balaban J connectivity index is 1.22. The third-order valence-corrected chi connectivity index (χ3v) is 7.19. The molecule has 0 atom stereocenters. The van der Waals surface area contributed by atoms with E-state index >= 15 is 0 Å². The maximum absolute atomic E-state index is 12.6. The van der Waals surface area contributed by atoms with Crippen molar-refractivity contribution in [1.29, 1.82) is 0 Å². The van der Waals surface area contributed by atoms with Crippen LogP contribution in [0.3, 0.4) is 0 Å². The predicted octanol–water partition coefficient (Wildman–Crippen LogP) is 3.72. The lowest BCUT2D eigenvalue weighted by Gasteiger charge is -2.36. The van der Waals surface area contributed by atoms with Crippen molar-refractivity contribution >= 4 is 17.5 Å². The minimum absolute atomic E-state index is 0.344. The van der Waals surface area contributed by atoms with Gasteiger partial charge in [-0.25, -0.2) is 0 Å². The van der Waals surface area contributed by atoms with Crippen LogP contribution in [-0.4, -0.2) is 60.3 Å². The number of hydrogen-bond acceptors (Lipinski definition) is 5. The Kier molecular flexibility index (Phi) is 6.88. The number of amides is 1. The Morgan fingerprint density at radius 1 is 0.862 bits per heavy atom. The van der Waals surface area contributed by atoms with Crippen LogP contribution in [0.1, 0.15) is 64.7 Å². The van der Waals surface area contributed by atoms with Crippen LogP contribution >= 0.6 is 0 Å². The Labute approximate surface area is 175 Å². The molecule has 4 rings (SSSR count). The summed E-state index contributed by atoms with van der Waals surface area (Å²) in [6.45, 7) is 7.79. The van der Waals surface area contributed by atoms with E-state index in [4.69, 9.17) is 0 Å². The molecule has 6 heteroatoms. The zero-order valence-electron chi connectivity index (χ0n) is 18.1. The number of anilines is 2. The van der Waals surface area contributed by atoms with Crippen LogP contribution in [-0.2, 0) is 4.79 Å². The first-order valence-electron chi connectivity index (χ1n) is 11.8. The van der Waals surface area contributed by atoms with Crippen LogP contribution in [0.2, 0.25) is 0 Å². The van der Waals surface area contributed by atoms with Crippen molar-refractivity contribution in [3.63, 3.8) is 0 Å². The van der Waals surface area contributed by atoms with Gasteiger partial charge in [0.2, 0.25) is 5.91 Å². The first kappa shape index (κ1) is 20.4. The third-order valence-electron chi connectivity index (χ3n) is 7.19. The molecule has 0 aromatic carbocycles. The molecular formula is C23H37N5O. The Morgan fingerprint density at radius 3 is 2.03 bits per heavy atom. The number of piperazine rings is 1. The molecule has 0 unspecified atom stereocenters. The summed E-state index contributed by atoms with van der Waals surface area (Å²) in [5.74, 6) is 3.88. The molecule has 3 heterocycles. The Morgan fingerprint density at radius 2 is 1.45 bits per heavy atom. The quantitative estimate of drug-likeness (QED) is 0.755. The zero-order valence-corrected chi connectivity index (χ0v) is 18.1. The van der Waals surface area contributed by atoms with Crippen molar-refractivity contribution in [2.45, 2.75) is 64.7 Å². The van der Waals surface area contributed by atoms with Gasteiger partial charge in [-0.2, -0.15) is 0 Å². The van der Waals surface area contributed by atoms with Crippen LogP contribution in [0.4, 0.5) is 11.6 Å². The first-order valence-corrected chi connectivity index (χ1v) is 11.8. The predicted molar refractivity (Wildman–Crippen MR) is 117 cm³/mol. The molecule has 3 fully saturated rings. The van der Waals surface area contributed by atoms with Gasteiger partial charge in [-0.1, -0.05) is 39.0 Å². The zero-order chi connectivity index (χ0) is 20.1. The molecule has 3 aliphatic rings. The van der Waals surface area contributed by atoms with Crippen molar-refractivity contribution < 1.29 is 4.79 Å². The van der Waals surface area contributed by atoms with Gasteiger partial charge in [0.05, 0.1) is 0 Å². The molecule has 160 valence electrons. The summed E-state index contributed by atoms with van der Waals surface area (Å²) in [6, 6.07) is 4.21. The standard InChI is InChI=1S/C23H37N5O/c1-19-11-13-26(14-12-19)21-8-9-22(25-24-21)27-15-17-28(18-16-27)23(29)10-7-20-5-3-2-4-6-20/h8-9,19-20H,2-7,10-18H2,1H3. The van der Waals surface area contributed by atoms with E-state index in [1.807, 2.05) is 0 Å². The number of hydrogen-bond donors (Lipinski definition) is 0. The van der Waals surface area contributed by atoms with Crippen LogP contribution in [0.15, 0.2) is 12.1 Å². The highest BCUT2D eigenvalue weighted by molar-refractivity contribution is 5.76. The molecule has 6 nitrogen and oxygen atoms in total. The van der Waals surface area contributed by atoms with Gasteiger partial charge in [0, 0.05) is 45.7 Å². The van der Waals surface area contributed by atoms with E-state index in [0.717, 1.165) is 75.6 Å². The fraction of sp³-hybridized carbons (Fsp3) is 0.783. The monoisotopic (exact) mass is 399 g/mol. The molecule has 1 aromatic rings. The number of carbonyl (C=O) groups is 1. The van der Waals surface area contributed by atoms with Gasteiger partial charge in [-0.15, -0.1) is 10.2 Å². The molecule has 1 amide bonds. The van der Waals surface area contributed by atoms with Crippen LogP contribution in [0.25, 0.3) is 0 Å². The third kappa shape index (κ3) is 5.40. The van der Waals surface area contributed by atoms with E-state index in [0.29, 0.717) is 5.91 Å². The van der Waals surface area contributed by atoms with Gasteiger partial charge in [0.25, 0.3) is 0 Å². The van der Waals surface area contributed by atoms with Gasteiger partial charge in [-0.3, -0.25) is 4.79 Å². The summed E-state index contributed by atoms with van der Waals surface area (Å²) in [5.41, 5.74) is 0. The second kappa shape index (κ2) is 9.77. The highest BCUT2D eigenvalue weighted by atomic mass is 16.2. The summed E-state index contributed by atoms with van der Waals surface area (Å²) in [6.07, 6.45) is 11.0. The van der Waals surface area contributed by atoms with Crippen LogP contribution in [0.5, 0.6) is 0 Å². The number of nitrogens with zero attached hydrogens (tertiary/aromatic N) is 5. The largest absolute Gasteiger partial charge is 0.355 e. The van der Waals surface area contributed by atoms with Gasteiger partial charge < -0.3 is 14.7 Å². The Hall–Kier alpha value is -1.85. The first-order chi connectivity index (χ1) is 14.2. The Bertz CT molecular complexity index is 642. The maximum Gasteiger partial charge on any atom is 0.222 e. The van der Waals surface area contributed by atoms with Gasteiger partial charge in [0.1, 0.15) is 0 Å². The van der Waals surface area contributed by atoms with E-state index in [1.54, 1.807) is 0 Å². The molecule has 0 N–H and O–H groups in total. The summed E-state index contributed by atoms with van der Waals surface area (Å²) < 4.78 is 0. The average Bonchev–Trinajstić information content (AvgIpc) is 2.79. The summed E-state index contributed by atoms with van der Waals surface area (Å²) >= 11 is 0. The average molecular weight is 400 g/mol. The second-order valence-corrected chi connectivity index (χ2v) is 9.33. The van der Waals surface area contributed by atoms with E-state index in [-0.39, 0.29) is 0 Å². The van der Waals surface area contributed by atoms with Crippen LogP contribution < -0.4 is 9.80 Å². The molecule has 0 spiro atoms.